The highest BCUT2D eigenvalue weighted by Gasteiger charge is 2.41. The third-order valence-corrected chi connectivity index (χ3v) is 5.23. The first kappa shape index (κ1) is 18.7. The third-order valence-electron chi connectivity index (χ3n) is 5.23. The molecule has 0 aliphatic carbocycles. The van der Waals surface area contributed by atoms with Crippen molar-refractivity contribution in [3.05, 3.63) is 35.9 Å². The van der Waals surface area contributed by atoms with E-state index in [0.717, 1.165) is 0 Å². The molecule has 2 aliphatic rings. The molecule has 0 saturated carbocycles. The van der Waals surface area contributed by atoms with Gasteiger partial charge in [-0.2, -0.15) is 0 Å². The average molecular weight is 352 g/mol. The maximum atomic E-state index is 12.8. The molecule has 2 heterocycles. The zero-order valence-electron chi connectivity index (χ0n) is 14.1. The van der Waals surface area contributed by atoms with Crippen molar-refractivity contribution in [2.45, 2.75) is 19.3 Å². The van der Waals surface area contributed by atoms with E-state index >= 15 is 0 Å². The fourth-order valence-corrected chi connectivity index (χ4v) is 3.87. The van der Waals surface area contributed by atoms with E-state index in [4.69, 9.17) is 5.73 Å². The summed E-state index contributed by atoms with van der Waals surface area (Å²) in [6, 6.07) is 10.3. The molecule has 0 spiro atoms. The number of halogens is 1. The Kier molecular flexibility index (Phi) is 6.24. The second-order valence-corrected chi connectivity index (χ2v) is 6.59. The molecule has 2 amide bonds. The first-order valence-corrected chi connectivity index (χ1v) is 8.45. The molecule has 2 saturated heterocycles. The second kappa shape index (κ2) is 7.99. The van der Waals surface area contributed by atoms with Crippen molar-refractivity contribution >= 4 is 24.2 Å². The van der Waals surface area contributed by atoms with Crippen LogP contribution in [0.3, 0.4) is 0 Å². The molecular weight excluding hydrogens is 326 g/mol. The maximum Gasteiger partial charge on any atom is 0.228 e. The van der Waals surface area contributed by atoms with Gasteiger partial charge in [-0.3, -0.25) is 9.59 Å². The molecule has 1 unspecified atom stereocenters. The Morgan fingerprint density at radius 2 is 1.92 bits per heavy atom. The molecule has 5 nitrogen and oxygen atoms in total. The van der Waals surface area contributed by atoms with E-state index in [1.807, 2.05) is 30.0 Å². The summed E-state index contributed by atoms with van der Waals surface area (Å²) in [4.78, 5) is 28.4. The lowest BCUT2D eigenvalue weighted by atomic mass is 9.89. The van der Waals surface area contributed by atoms with Crippen LogP contribution in [0.5, 0.6) is 0 Å². The number of benzene rings is 1. The van der Waals surface area contributed by atoms with Crippen molar-refractivity contribution in [2.24, 2.45) is 17.6 Å². The molecule has 3 rings (SSSR count). The normalized spacial score (nSPS) is 26.6. The van der Waals surface area contributed by atoms with Gasteiger partial charge in [-0.05, 0) is 24.9 Å². The Balaban J connectivity index is 0.00000208. The summed E-state index contributed by atoms with van der Waals surface area (Å²) in [7, 11) is 0. The molecule has 1 aromatic carbocycles. The van der Waals surface area contributed by atoms with E-state index in [2.05, 4.69) is 12.1 Å². The first-order valence-electron chi connectivity index (χ1n) is 8.45. The minimum atomic E-state index is -0.185. The molecule has 0 aromatic heterocycles. The number of nitrogens with two attached hydrogens (primary N) is 1. The summed E-state index contributed by atoms with van der Waals surface area (Å²) in [6.45, 7) is 5.19. The van der Waals surface area contributed by atoms with Gasteiger partial charge in [0.2, 0.25) is 11.8 Å². The van der Waals surface area contributed by atoms with Crippen LogP contribution < -0.4 is 5.73 Å². The molecule has 2 aliphatic heterocycles. The van der Waals surface area contributed by atoms with Gasteiger partial charge < -0.3 is 15.5 Å². The van der Waals surface area contributed by atoms with Gasteiger partial charge in [0, 0.05) is 38.5 Å². The van der Waals surface area contributed by atoms with Crippen molar-refractivity contribution in [3.8, 4) is 0 Å². The van der Waals surface area contributed by atoms with Crippen LogP contribution in [0.15, 0.2) is 30.3 Å². The lowest BCUT2D eigenvalue weighted by molar-refractivity contribution is -0.135. The van der Waals surface area contributed by atoms with Crippen LogP contribution in [-0.4, -0.2) is 54.3 Å². The summed E-state index contributed by atoms with van der Waals surface area (Å²) in [5.74, 6) is 0.617. The predicted molar refractivity (Wildman–Crippen MR) is 95.9 cm³/mol. The third kappa shape index (κ3) is 3.57. The molecule has 0 radical (unpaired) electrons. The Hall–Kier alpha value is -1.59. The zero-order valence-corrected chi connectivity index (χ0v) is 14.9. The van der Waals surface area contributed by atoms with Crippen molar-refractivity contribution < 1.29 is 9.59 Å². The van der Waals surface area contributed by atoms with Gasteiger partial charge in [0.05, 0.1) is 5.92 Å². The highest BCUT2D eigenvalue weighted by Crippen LogP contribution is 2.33. The number of carbonyl (C=O) groups is 2. The van der Waals surface area contributed by atoms with Gasteiger partial charge >= 0.3 is 0 Å². The fourth-order valence-electron chi connectivity index (χ4n) is 3.87. The molecule has 0 bridgehead atoms. The molecule has 3 atom stereocenters. The second-order valence-electron chi connectivity index (χ2n) is 6.59. The zero-order chi connectivity index (χ0) is 16.4. The number of rotatable bonds is 4. The van der Waals surface area contributed by atoms with E-state index < -0.39 is 0 Å². The van der Waals surface area contributed by atoms with E-state index in [1.165, 1.54) is 5.56 Å². The summed E-state index contributed by atoms with van der Waals surface area (Å²) in [5.41, 5.74) is 7.19. The number of nitrogens with zero attached hydrogens (tertiary/aromatic N) is 2. The first-order chi connectivity index (χ1) is 11.1. The van der Waals surface area contributed by atoms with E-state index in [0.29, 0.717) is 51.0 Å². The highest BCUT2D eigenvalue weighted by molar-refractivity contribution is 5.89. The van der Waals surface area contributed by atoms with Crippen LogP contribution in [0, 0.1) is 11.8 Å². The molecular formula is C18H26ClN3O2. The average Bonchev–Trinajstić information content (AvgIpc) is 3.18. The van der Waals surface area contributed by atoms with Gasteiger partial charge in [-0.1, -0.05) is 30.3 Å². The van der Waals surface area contributed by atoms with Crippen molar-refractivity contribution in [3.63, 3.8) is 0 Å². The number of hydrogen-bond donors (Lipinski definition) is 1. The quantitative estimate of drug-likeness (QED) is 0.893. The summed E-state index contributed by atoms with van der Waals surface area (Å²) in [5, 5.41) is 0. The molecule has 24 heavy (non-hydrogen) atoms. The largest absolute Gasteiger partial charge is 0.342 e. The Labute approximate surface area is 149 Å². The molecule has 2 fully saturated rings. The van der Waals surface area contributed by atoms with Crippen LogP contribution in [0.25, 0.3) is 0 Å². The van der Waals surface area contributed by atoms with Crippen LogP contribution in [-0.2, 0) is 9.59 Å². The number of carbonyl (C=O) groups excluding carboxylic acids is 2. The van der Waals surface area contributed by atoms with E-state index in [-0.39, 0.29) is 30.1 Å². The molecule has 1 aromatic rings. The topological polar surface area (TPSA) is 66.6 Å². The molecule has 2 N–H and O–H groups in total. The monoisotopic (exact) mass is 351 g/mol. The summed E-state index contributed by atoms with van der Waals surface area (Å²) in [6.07, 6.45) is 0.354. The predicted octanol–water partition coefficient (Wildman–Crippen LogP) is 1.48. The maximum absolute atomic E-state index is 12.8. The minimum Gasteiger partial charge on any atom is -0.342 e. The smallest absolute Gasteiger partial charge is 0.228 e. The van der Waals surface area contributed by atoms with Crippen LogP contribution >= 0.6 is 12.4 Å². The Bertz CT molecular complexity index is 581. The lowest BCUT2D eigenvalue weighted by Crippen LogP contribution is -2.36. The van der Waals surface area contributed by atoms with E-state index in [9.17, 15) is 9.59 Å². The number of likely N-dealkylation sites (tertiary alicyclic amines) is 2. The number of hydrogen-bond acceptors (Lipinski definition) is 3. The minimum absolute atomic E-state index is 0. The summed E-state index contributed by atoms with van der Waals surface area (Å²) >= 11 is 0. The number of amides is 2. The van der Waals surface area contributed by atoms with Gasteiger partial charge in [0.1, 0.15) is 0 Å². The molecule has 6 heteroatoms. The molecule has 132 valence electrons. The van der Waals surface area contributed by atoms with Crippen LogP contribution in [0.4, 0.5) is 0 Å². The van der Waals surface area contributed by atoms with Gasteiger partial charge in [0.25, 0.3) is 0 Å². The van der Waals surface area contributed by atoms with Crippen molar-refractivity contribution in [2.75, 3.05) is 32.7 Å². The van der Waals surface area contributed by atoms with Gasteiger partial charge in [-0.15, -0.1) is 12.4 Å². The van der Waals surface area contributed by atoms with E-state index in [1.54, 1.807) is 4.90 Å². The van der Waals surface area contributed by atoms with Gasteiger partial charge in [-0.25, -0.2) is 0 Å². The standard InChI is InChI=1S/C18H25N3O2.ClH/c1-2-20-10-14(8-17(20)22)18(23)21-11-15(9-19)16(12-21)13-6-4-3-5-7-13;/h3-7,14-16H,2,8-12,19H2,1H3;1H/t14?,15-,16+;/m1./s1. The highest BCUT2D eigenvalue weighted by atomic mass is 35.5. The fraction of sp³-hybridized carbons (Fsp3) is 0.556. The van der Waals surface area contributed by atoms with Crippen molar-refractivity contribution in [1.29, 1.82) is 0 Å². The van der Waals surface area contributed by atoms with Gasteiger partial charge in [0.15, 0.2) is 0 Å². The van der Waals surface area contributed by atoms with Crippen LogP contribution in [0.2, 0.25) is 0 Å². The lowest BCUT2D eigenvalue weighted by Gasteiger charge is -2.20. The Morgan fingerprint density at radius 3 is 2.50 bits per heavy atom. The Morgan fingerprint density at radius 1 is 1.21 bits per heavy atom. The summed E-state index contributed by atoms with van der Waals surface area (Å²) < 4.78 is 0. The van der Waals surface area contributed by atoms with Crippen molar-refractivity contribution in [1.82, 2.24) is 9.80 Å². The SMILES string of the molecule is CCN1CC(C(=O)N2C[C@@H](CN)[C@H](c3ccccc3)C2)CC1=O.Cl. The van der Waals surface area contributed by atoms with Crippen LogP contribution in [0.1, 0.15) is 24.8 Å².